The van der Waals surface area contributed by atoms with Crippen LogP contribution < -0.4 is 5.32 Å². The second kappa shape index (κ2) is 5.08. The molecule has 0 bridgehead atoms. The Bertz CT molecular complexity index is 358. The summed E-state index contributed by atoms with van der Waals surface area (Å²) in [6.45, 7) is 10.6. The molecule has 0 saturated heterocycles. The minimum Gasteiger partial charge on any atom is -0.307 e. The fourth-order valence-corrected chi connectivity index (χ4v) is 1.64. The number of rotatable bonds is 4. The predicted molar refractivity (Wildman–Crippen MR) is 62.4 cm³/mol. The lowest BCUT2D eigenvalue weighted by Gasteiger charge is -2.19. The molecule has 0 aliphatic heterocycles. The highest BCUT2D eigenvalue weighted by molar-refractivity contribution is 5.31. The Morgan fingerprint density at radius 3 is 2.73 bits per heavy atom. The fraction of sp³-hybridized carbons (Fsp3) is 0.385. The molecule has 0 aliphatic rings. The summed E-state index contributed by atoms with van der Waals surface area (Å²) in [5.74, 6) is -0.172. The third-order valence-electron chi connectivity index (χ3n) is 2.36. The van der Waals surface area contributed by atoms with Crippen LogP contribution >= 0.6 is 0 Å². The Labute approximate surface area is 91.0 Å². The third-order valence-corrected chi connectivity index (χ3v) is 2.36. The van der Waals surface area contributed by atoms with Crippen molar-refractivity contribution in [2.75, 3.05) is 6.54 Å². The summed E-state index contributed by atoms with van der Waals surface area (Å²) in [6.07, 6.45) is 0. The standard InChI is InChI=1S/C13H18FN/c1-5-15-13(9(2)3)11-8-10(4)6-7-12(11)14/h6-8,13,15H,2,5H2,1,3-4H3. The molecular weight excluding hydrogens is 189 g/mol. The summed E-state index contributed by atoms with van der Waals surface area (Å²) >= 11 is 0. The Balaban J connectivity index is 3.09. The van der Waals surface area contributed by atoms with Crippen molar-refractivity contribution < 1.29 is 4.39 Å². The van der Waals surface area contributed by atoms with Crippen LogP contribution in [0, 0.1) is 12.7 Å². The number of aryl methyl sites for hydroxylation is 1. The lowest BCUT2D eigenvalue weighted by molar-refractivity contribution is 0.554. The van der Waals surface area contributed by atoms with Gasteiger partial charge in [0.25, 0.3) is 0 Å². The highest BCUT2D eigenvalue weighted by Crippen LogP contribution is 2.23. The molecule has 1 atom stereocenters. The average molecular weight is 207 g/mol. The van der Waals surface area contributed by atoms with Gasteiger partial charge < -0.3 is 5.32 Å². The Hall–Kier alpha value is -1.15. The molecule has 0 saturated carbocycles. The van der Waals surface area contributed by atoms with E-state index in [2.05, 4.69) is 11.9 Å². The van der Waals surface area contributed by atoms with Crippen LogP contribution in [-0.4, -0.2) is 6.54 Å². The molecule has 0 fully saturated rings. The zero-order valence-electron chi connectivity index (χ0n) is 9.60. The zero-order valence-corrected chi connectivity index (χ0v) is 9.60. The summed E-state index contributed by atoms with van der Waals surface area (Å²) < 4.78 is 13.6. The number of hydrogen-bond acceptors (Lipinski definition) is 1. The van der Waals surface area contributed by atoms with Gasteiger partial charge in [0.15, 0.2) is 0 Å². The zero-order chi connectivity index (χ0) is 11.4. The van der Waals surface area contributed by atoms with Gasteiger partial charge >= 0.3 is 0 Å². The summed E-state index contributed by atoms with van der Waals surface area (Å²) in [5.41, 5.74) is 2.68. The minimum atomic E-state index is -0.172. The van der Waals surface area contributed by atoms with E-state index in [0.717, 1.165) is 17.7 Å². The molecule has 1 aromatic rings. The van der Waals surface area contributed by atoms with Gasteiger partial charge in [-0.2, -0.15) is 0 Å². The van der Waals surface area contributed by atoms with Crippen molar-refractivity contribution in [1.29, 1.82) is 0 Å². The molecule has 0 radical (unpaired) electrons. The van der Waals surface area contributed by atoms with E-state index in [-0.39, 0.29) is 11.9 Å². The van der Waals surface area contributed by atoms with Crippen LogP contribution in [0.25, 0.3) is 0 Å². The van der Waals surface area contributed by atoms with Gasteiger partial charge in [-0.05, 0) is 26.5 Å². The molecule has 0 aromatic heterocycles. The third kappa shape index (κ3) is 2.90. The van der Waals surface area contributed by atoms with Crippen molar-refractivity contribution >= 4 is 0 Å². The summed E-state index contributed by atoms with van der Waals surface area (Å²) in [4.78, 5) is 0. The van der Waals surface area contributed by atoms with Gasteiger partial charge in [0.2, 0.25) is 0 Å². The van der Waals surface area contributed by atoms with Crippen molar-refractivity contribution in [2.45, 2.75) is 26.8 Å². The van der Waals surface area contributed by atoms with E-state index in [1.807, 2.05) is 26.8 Å². The van der Waals surface area contributed by atoms with Crippen LogP contribution in [0.3, 0.4) is 0 Å². The highest BCUT2D eigenvalue weighted by atomic mass is 19.1. The van der Waals surface area contributed by atoms with Crippen LogP contribution in [0.5, 0.6) is 0 Å². The average Bonchev–Trinajstić information content (AvgIpc) is 2.18. The van der Waals surface area contributed by atoms with E-state index in [4.69, 9.17) is 0 Å². The lowest BCUT2D eigenvalue weighted by atomic mass is 9.98. The number of benzene rings is 1. The second-order valence-corrected chi connectivity index (χ2v) is 3.86. The van der Waals surface area contributed by atoms with Gasteiger partial charge in [0.05, 0.1) is 6.04 Å². The molecule has 0 aliphatic carbocycles. The number of hydrogen-bond donors (Lipinski definition) is 1. The van der Waals surface area contributed by atoms with Crippen molar-refractivity contribution in [1.82, 2.24) is 5.32 Å². The number of halogens is 1. The smallest absolute Gasteiger partial charge is 0.128 e. The Morgan fingerprint density at radius 1 is 1.53 bits per heavy atom. The molecule has 82 valence electrons. The lowest BCUT2D eigenvalue weighted by Crippen LogP contribution is -2.22. The van der Waals surface area contributed by atoms with E-state index in [1.165, 1.54) is 6.07 Å². The topological polar surface area (TPSA) is 12.0 Å². The molecule has 1 unspecified atom stereocenters. The summed E-state index contributed by atoms with van der Waals surface area (Å²) in [5, 5.41) is 3.23. The van der Waals surface area contributed by atoms with Crippen molar-refractivity contribution in [3.63, 3.8) is 0 Å². The molecule has 0 heterocycles. The number of likely N-dealkylation sites (N-methyl/N-ethyl adjacent to an activating group) is 1. The van der Waals surface area contributed by atoms with E-state index >= 15 is 0 Å². The SMILES string of the molecule is C=C(C)C(NCC)c1cc(C)ccc1F. The van der Waals surface area contributed by atoms with E-state index in [1.54, 1.807) is 6.07 Å². The van der Waals surface area contributed by atoms with Crippen LogP contribution in [-0.2, 0) is 0 Å². The maximum absolute atomic E-state index is 13.6. The maximum Gasteiger partial charge on any atom is 0.128 e. The minimum absolute atomic E-state index is 0.0881. The van der Waals surface area contributed by atoms with Gasteiger partial charge in [-0.15, -0.1) is 0 Å². The second-order valence-electron chi connectivity index (χ2n) is 3.86. The van der Waals surface area contributed by atoms with Crippen LogP contribution in [0.15, 0.2) is 30.4 Å². The first-order valence-corrected chi connectivity index (χ1v) is 5.21. The largest absolute Gasteiger partial charge is 0.307 e. The molecule has 1 N–H and O–H groups in total. The predicted octanol–water partition coefficient (Wildman–Crippen LogP) is 3.36. The summed E-state index contributed by atoms with van der Waals surface area (Å²) in [6, 6.07) is 5.07. The molecule has 1 rings (SSSR count). The quantitative estimate of drug-likeness (QED) is 0.746. The molecular formula is C13H18FN. The van der Waals surface area contributed by atoms with Crippen molar-refractivity contribution in [2.24, 2.45) is 0 Å². The van der Waals surface area contributed by atoms with E-state index in [0.29, 0.717) is 5.56 Å². The van der Waals surface area contributed by atoms with Crippen LogP contribution in [0.1, 0.15) is 31.0 Å². The molecule has 0 amide bonds. The van der Waals surface area contributed by atoms with Crippen molar-refractivity contribution in [3.8, 4) is 0 Å². The van der Waals surface area contributed by atoms with Gasteiger partial charge in [-0.1, -0.05) is 36.8 Å². The summed E-state index contributed by atoms with van der Waals surface area (Å²) in [7, 11) is 0. The van der Waals surface area contributed by atoms with E-state index in [9.17, 15) is 4.39 Å². The first-order valence-electron chi connectivity index (χ1n) is 5.21. The molecule has 1 aromatic carbocycles. The highest BCUT2D eigenvalue weighted by Gasteiger charge is 2.15. The number of nitrogens with one attached hydrogen (secondary N) is 1. The Morgan fingerprint density at radius 2 is 2.20 bits per heavy atom. The monoisotopic (exact) mass is 207 g/mol. The fourth-order valence-electron chi connectivity index (χ4n) is 1.64. The van der Waals surface area contributed by atoms with Crippen molar-refractivity contribution in [3.05, 3.63) is 47.3 Å². The van der Waals surface area contributed by atoms with Gasteiger partial charge in [-0.3, -0.25) is 0 Å². The van der Waals surface area contributed by atoms with Gasteiger partial charge in [0.1, 0.15) is 5.82 Å². The van der Waals surface area contributed by atoms with Crippen LogP contribution in [0.2, 0.25) is 0 Å². The van der Waals surface area contributed by atoms with Crippen LogP contribution in [0.4, 0.5) is 4.39 Å². The van der Waals surface area contributed by atoms with E-state index < -0.39 is 0 Å². The molecule has 1 nitrogen and oxygen atoms in total. The first-order chi connectivity index (χ1) is 7.06. The Kier molecular flexibility index (Phi) is 4.04. The maximum atomic E-state index is 13.6. The van der Waals surface area contributed by atoms with Gasteiger partial charge in [0, 0.05) is 5.56 Å². The first kappa shape index (κ1) is 11.9. The molecule has 15 heavy (non-hydrogen) atoms. The molecule has 0 spiro atoms. The van der Waals surface area contributed by atoms with Gasteiger partial charge in [-0.25, -0.2) is 4.39 Å². The molecule has 2 heteroatoms. The normalized spacial score (nSPS) is 12.5.